The molecule has 154 valence electrons. The van der Waals surface area contributed by atoms with Crippen molar-refractivity contribution in [2.24, 2.45) is 0 Å². The van der Waals surface area contributed by atoms with Crippen LogP contribution in [0.15, 0.2) is 54.6 Å². The molecule has 0 atom stereocenters. The highest BCUT2D eigenvalue weighted by molar-refractivity contribution is 5.94. The fourth-order valence-electron chi connectivity index (χ4n) is 3.87. The number of amides is 1. The second-order valence-electron chi connectivity index (χ2n) is 7.48. The number of H-pyrrole nitrogens is 1. The Morgan fingerprint density at radius 1 is 1.07 bits per heavy atom. The summed E-state index contributed by atoms with van der Waals surface area (Å²) in [7, 11) is 0. The number of para-hydroxylation sites is 3. The van der Waals surface area contributed by atoms with Crippen LogP contribution in [0, 0.1) is 11.3 Å². The van der Waals surface area contributed by atoms with Gasteiger partial charge in [0.15, 0.2) is 0 Å². The van der Waals surface area contributed by atoms with E-state index in [1.54, 1.807) is 4.90 Å². The maximum Gasteiger partial charge on any atom is 0.241 e. The third kappa shape index (κ3) is 4.61. The van der Waals surface area contributed by atoms with Crippen molar-refractivity contribution in [3.63, 3.8) is 0 Å². The second-order valence-corrected chi connectivity index (χ2v) is 7.48. The molecule has 1 amide bonds. The fourth-order valence-corrected chi connectivity index (χ4v) is 3.87. The summed E-state index contributed by atoms with van der Waals surface area (Å²) in [5.41, 5.74) is 2.86. The monoisotopic (exact) mass is 402 g/mol. The predicted molar refractivity (Wildman–Crippen MR) is 118 cm³/mol. The Labute approximate surface area is 176 Å². The molecule has 2 aromatic carbocycles. The van der Waals surface area contributed by atoms with E-state index in [-0.39, 0.29) is 5.91 Å². The van der Waals surface area contributed by atoms with Gasteiger partial charge in [0, 0.05) is 38.4 Å². The van der Waals surface area contributed by atoms with E-state index in [0.29, 0.717) is 19.5 Å². The van der Waals surface area contributed by atoms with Crippen molar-refractivity contribution in [3.05, 3.63) is 54.6 Å². The molecule has 1 fully saturated rings. The summed E-state index contributed by atoms with van der Waals surface area (Å²) < 4.78 is 0. The third-order valence-corrected chi connectivity index (χ3v) is 5.44. The van der Waals surface area contributed by atoms with Crippen molar-refractivity contribution in [1.82, 2.24) is 14.9 Å². The first-order valence-electron chi connectivity index (χ1n) is 10.4. The lowest BCUT2D eigenvalue weighted by atomic mass is 10.2. The number of aromatic nitrogens is 2. The molecule has 1 N–H and O–H groups in total. The third-order valence-electron chi connectivity index (χ3n) is 5.44. The molecule has 3 aromatic rings. The molecule has 1 aliphatic heterocycles. The van der Waals surface area contributed by atoms with E-state index >= 15 is 0 Å². The fraction of sp³-hybridized carbons (Fsp3) is 0.348. The van der Waals surface area contributed by atoms with E-state index in [4.69, 9.17) is 10.2 Å². The van der Waals surface area contributed by atoms with Gasteiger partial charge in [0.05, 0.1) is 30.1 Å². The van der Waals surface area contributed by atoms with Crippen molar-refractivity contribution in [3.8, 4) is 6.07 Å². The predicted octanol–water partition coefficient (Wildman–Crippen LogP) is 3.02. The standard InChI is InChI=1S/C23H26N6O/c24-12-6-15-29(19-8-2-1-3-9-19)22(30)18-27-13-7-14-28(17-16-27)23-25-20-10-4-5-11-21(20)26-23/h1-5,8-11H,6-7,13-18H2,(H,25,26). The number of nitriles is 1. The number of carbonyl (C=O) groups excluding carboxylic acids is 1. The zero-order chi connectivity index (χ0) is 20.8. The highest BCUT2D eigenvalue weighted by Gasteiger charge is 2.22. The molecule has 1 aliphatic rings. The molecule has 1 aromatic heterocycles. The first-order chi connectivity index (χ1) is 14.7. The summed E-state index contributed by atoms with van der Waals surface area (Å²) in [6.45, 7) is 4.15. The van der Waals surface area contributed by atoms with Crippen molar-refractivity contribution in [1.29, 1.82) is 5.26 Å². The topological polar surface area (TPSA) is 79.3 Å². The first-order valence-corrected chi connectivity index (χ1v) is 10.4. The summed E-state index contributed by atoms with van der Waals surface area (Å²) >= 11 is 0. The number of anilines is 2. The lowest BCUT2D eigenvalue weighted by Crippen LogP contribution is -2.42. The Kier molecular flexibility index (Phi) is 6.26. The van der Waals surface area contributed by atoms with E-state index in [2.05, 4.69) is 20.9 Å². The van der Waals surface area contributed by atoms with Crippen LogP contribution in [0.2, 0.25) is 0 Å². The molecule has 4 rings (SSSR count). The minimum atomic E-state index is 0.0358. The molecule has 0 bridgehead atoms. The van der Waals surface area contributed by atoms with Crippen molar-refractivity contribution in [2.45, 2.75) is 12.8 Å². The van der Waals surface area contributed by atoms with Gasteiger partial charge in [-0.3, -0.25) is 9.69 Å². The van der Waals surface area contributed by atoms with Crippen LogP contribution in [0.5, 0.6) is 0 Å². The summed E-state index contributed by atoms with van der Waals surface area (Å²) in [6.07, 6.45) is 1.29. The molecule has 7 nitrogen and oxygen atoms in total. The lowest BCUT2D eigenvalue weighted by Gasteiger charge is -2.26. The second kappa shape index (κ2) is 9.42. The lowest BCUT2D eigenvalue weighted by molar-refractivity contribution is -0.119. The summed E-state index contributed by atoms with van der Waals surface area (Å²) in [5.74, 6) is 0.929. The largest absolute Gasteiger partial charge is 0.341 e. The average Bonchev–Trinajstić information content (AvgIpc) is 3.07. The van der Waals surface area contributed by atoms with Crippen molar-refractivity contribution in [2.75, 3.05) is 49.1 Å². The van der Waals surface area contributed by atoms with Gasteiger partial charge < -0.3 is 14.8 Å². The van der Waals surface area contributed by atoms with Gasteiger partial charge in [0.25, 0.3) is 0 Å². The van der Waals surface area contributed by atoms with E-state index in [9.17, 15) is 4.79 Å². The SMILES string of the molecule is N#CCCN(C(=O)CN1CCCN(c2nc3ccccc3[nH]2)CC1)c1ccccc1. The highest BCUT2D eigenvalue weighted by Crippen LogP contribution is 2.19. The molecular weight excluding hydrogens is 376 g/mol. The average molecular weight is 403 g/mol. The number of hydrogen-bond acceptors (Lipinski definition) is 5. The smallest absolute Gasteiger partial charge is 0.241 e. The summed E-state index contributed by atoms with van der Waals surface area (Å²) in [6, 6.07) is 19.8. The van der Waals surface area contributed by atoms with E-state index in [1.807, 2.05) is 54.6 Å². The van der Waals surface area contributed by atoms with Gasteiger partial charge in [-0.05, 0) is 30.7 Å². The normalized spacial score (nSPS) is 15.0. The maximum atomic E-state index is 13.0. The van der Waals surface area contributed by atoms with E-state index in [0.717, 1.165) is 55.3 Å². The van der Waals surface area contributed by atoms with Crippen molar-refractivity contribution < 1.29 is 4.79 Å². The Hall–Kier alpha value is -3.37. The minimum absolute atomic E-state index is 0.0358. The van der Waals surface area contributed by atoms with E-state index < -0.39 is 0 Å². The van der Waals surface area contributed by atoms with Crippen molar-refractivity contribution >= 4 is 28.6 Å². The van der Waals surface area contributed by atoms with Crippen LogP contribution in [-0.2, 0) is 4.79 Å². The van der Waals surface area contributed by atoms with Gasteiger partial charge in [-0.25, -0.2) is 4.98 Å². The Morgan fingerprint density at radius 3 is 2.67 bits per heavy atom. The van der Waals surface area contributed by atoms with Gasteiger partial charge >= 0.3 is 0 Å². The molecule has 0 spiro atoms. The highest BCUT2D eigenvalue weighted by atomic mass is 16.2. The van der Waals surface area contributed by atoms with Crippen LogP contribution >= 0.6 is 0 Å². The molecule has 2 heterocycles. The van der Waals surface area contributed by atoms with Crippen LogP contribution in [-0.4, -0.2) is 60.0 Å². The quantitative estimate of drug-likeness (QED) is 0.686. The molecule has 0 saturated carbocycles. The molecule has 1 saturated heterocycles. The number of aromatic amines is 1. The number of imidazole rings is 1. The maximum absolute atomic E-state index is 13.0. The molecule has 7 heteroatoms. The summed E-state index contributed by atoms with van der Waals surface area (Å²) in [5, 5.41) is 8.98. The number of rotatable bonds is 6. The van der Waals surface area contributed by atoms with Gasteiger partial charge in [-0.15, -0.1) is 0 Å². The van der Waals surface area contributed by atoms with Gasteiger partial charge in [0.1, 0.15) is 0 Å². The van der Waals surface area contributed by atoms with Crippen LogP contribution in [0.3, 0.4) is 0 Å². The van der Waals surface area contributed by atoms with Crippen LogP contribution in [0.4, 0.5) is 11.6 Å². The number of nitrogens with zero attached hydrogens (tertiary/aromatic N) is 5. The molecule has 0 radical (unpaired) electrons. The minimum Gasteiger partial charge on any atom is -0.341 e. The van der Waals surface area contributed by atoms with Crippen LogP contribution < -0.4 is 9.80 Å². The Bertz CT molecular complexity index is 992. The number of fused-ring (bicyclic) bond motifs is 1. The number of hydrogen-bond donors (Lipinski definition) is 1. The summed E-state index contributed by atoms with van der Waals surface area (Å²) in [4.78, 5) is 27.3. The molecule has 30 heavy (non-hydrogen) atoms. The zero-order valence-electron chi connectivity index (χ0n) is 17.0. The van der Waals surface area contributed by atoms with Gasteiger partial charge in [0.2, 0.25) is 11.9 Å². The number of nitrogens with one attached hydrogen (secondary N) is 1. The first kappa shape index (κ1) is 19.9. The van der Waals surface area contributed by atoms with Gasteiger partial charge in [-0.2, -0.15) is 5.26 Å². The van der Waals surface area contributed by atoms with Crippen LogP contribution in [0.1, 0.15) is 12.8 Å². The number of carbonyl (C=O) groups is 1. The molecule has 0 aliphatic carbocycles. The van der Waals surface area contributed by atoms with E-state index in [1.165, 1.54) is 0 Å². The van der Waals surface area contributed by atoms with Crippen LogP contribution in [0.25, 0.3) is 11.0 Å². The number of benzene rings is 2. The Balaban J connectivity index is 1.40. The molecular formula is C23H26N6O. The Morgan fingerprint density at radius 2 is 1.87 bits per heavy atom. The van der Waals surface area contributed by atoms with Gasteiger partial charge in [-0.1, -0.05) is 30.3 Å². The zero-order valence-corrected chi connectivity index (χ0v) is 17.0. The molecule has 0 unspecified atom stereocenters.